The average molecular weight is 483 g/mol. The predicted octanol–water partition coefficient (Wildman–Crippen LogP) is 4.45. The van der Waals surface area contributed by atoms with Gasteiger partial charge in [-0.2, -0.15) is 0 Å². The second-order valence-corrected chi connectivity index (χ2v) is 10.8. The van der Waals surface area contributed by atoms with Crippen LogP contribution in [-0.2, 0) is 14.8 Å². The zero-order valence-electron chi connectivity index (χ0n) is 16.2. The molecule has 1 amide bonds. The first kappa shape index (κ1) is 22.5. The minimum absolute atomic E-state index is 0.0784. The van der Waals surface area contributed by atoms with Gasteiger partial charge in [-0.25, -0.2) is 8.42 Å². The van der Waals surface area contributed by atoms with Crippen LogP contribution in [0.2, 0.25) is 5.02 Å². The average Bonchev–Trinajstić information content (AvgIpc) is 3.16. The largest absolute Gasteiger partial charge is 0.299 e. The Bertz CT molecular complexity index is 1140. The van der Waals surface area contributed by atoms with Crippen molar-refractivity contribution >= 4 is 61.4 Å². The van der Waals surface area contributed by atoms with E-state index in [4.69, 9.17) is 11.6 Å². The number of hydrogen-bond acceptors (Lipinski definition) is 7. The Hall–Kier alpha value is -2.14. The molecule has 3 aromatic rings. The number of carbonyl (C=O) groups is 1. The monoisotopic (exact) mass is 482 g/mol. The van der Waals surface area contributed by atoms with Gasteiger partial charge in [-0.15, -0.1) is 10.2 Å². The zero-order chi connectivity index (χ0) is 21.7. The summed E-state index contributed by atoms with van der Waals surface area (Å²) in [6.45, 7) is 3.26. The molecule has 2 aromatic carbocycles. The summed E-state index contributed by atoms with van der Waals surface area (Å²) in [4.78, 5) is 12.8. The predicted molar refractivity (Wildman–Crippen MR) is 122 cm³/mol. The smallest absolute Gasteiger partial charge is 0.264 e. The van der Waals surface area contributed by atoms with Crippen LogP contribution in [-0.4, -0.2) is 36.8 Å². The molecule has 3 rings (SSSR count). The molecule has 0 aliphatic rings. The fourth-order valence-corrected chi connectivity index (χ4v) is 5.95. The number of halogens is 1. The number of sulfonamides is 1. The third-order valence-electron chi connectivity index (χ3n) is 4.05. The molecule has 1 N–H and O–H groups in total. The first-order valence-electron chi connectivity index (χ1n) is 8.92. The van der Waals surface area contributed by atoms with E-state index in [1.807, 2.05) is 6.92 Å². The summed E-state index contributed by atoms with van der Waals surface area (Å²) in [7, 11) is -4.01. The molecule has 0 unspecified atom stereocenters. The topological polar surface area (TPSA) is 92.3 Å². The van der Waals surface area contributed by atoms with E-state index in [1.165, 1.54) is 35.2 Å². The highest BCUT2D eigenvalue weighted by atomic mass is 35.5. The molecular weight excluding hydrogens is 464 g/mol. The van der Waals surface area contributed by atoms with Crippen LogP contribution in [0.1, 0.15) is 12.5 Å². The van der Waals surface area contributed by atoms with E-state index >= 15 is 0 Å². The SMILES string of the molecule is CCSc1nnc(NC(=O)CN(c2cccc(Cl)c2C)S(=O)(=O)c2ccccc2)s1. The summed E-state index contributed by atoms with van der Waals surface area (Å²) >= 11 is 8.96. The van der Waals surface area contributed by atoms with Gasteiger partial charge in [-0.1, -0.05) is 65.9 Å². The van der Waals surface area contributed by atoms with Crippen LogP contribution in [0.25, 0.3) is 0 Å². The lowest BCUT2D eigenvalue weighted by Crippen LogP contribution is -2.38. The highest BCUT2D eigenvalue weighted by molar-refractivity contribution is 8.01. The summed E-state index contributed by atoms with van der Waals surface area (Å²) in [6.07, 6.45) is 0. The van der Waals surface area contributed by atoms with E-state index in [1.54, 1.807) is 43.3 Å². The Kier molecular flexibility index (Phi) is 7.35. The molecule has 158 valence electrons. The molecule has 0 saturated heterocycles. The summed E-state index contributed by atoms with van der Waals surface area (Å²) in [5.74, 6) is 0.304. The van der Waals surface area contributed by atoms with Gasteiger partial charge in [-0.05, 0) is 42.5 Å². The normalized spacial score (nSPS) is 11.3. The highest BCUT2D eigenvalue weighted by Crippen LogP contribution is 2.31. The van der Waals surface area contributed by atoms with Gasteiger partial charge in [0.1, 0.15) is 6.54 Å². The van der Waals surface area contributed by atoms with Crippen molar-refractivity contribution in [2.24, 2.45) is 0 Å². The molecule has 30 heavy (non-hydrogen) atoms. The van der Waals surface area contributed by atoms with Crippen LogP contribution in [0.15, 0.2) is 57.8 Å². The Morgan fingerprint density at radius 2 is 1.90 bits per heavy atom. The van der Waals surface area contributed by atoms with Crippen molar-refractivity contribution in [1.82, 2.24) is 10.2 Å². The van der Waals surface area contributed by atoms with Crippen molar-refractivity contribution in [2.45, 2.75) is 23.1 Å². The van der Waals surface area contributed by atoms with E-state index in [0.717, 1.165) is 14.4 Å². The fourth-order valence-electron chi connectivity index (χ4n) is 2.62. The van der Waals surface area contributed by atoms with Crippen molar-refractivity contribution in [3.63, 3.8) is 0 Å². The Balaban J connectivity index is 1.93. The van der Waals surface area contributed by atoms with Crippen LogP contribution in [0.3, 0.4) is 0 Å². The molecule has 7 nitrogen and oxygen atoms in total. The maximum absolute atomic E-state index is 13.3. The quantitative estimate of drug-likeness (QED) is 0.376. The number of amides is 1. The molecule has 0 radical (unpaired) electrons. The third kappa shape index (κ3) is 5.12. The lowest BCUT2D eigenvalue weighted by molar-refractivity contribution is -0.114. The Morgan fingerprint density at radius 1 is 1.17 bits per heavy atom. The molecule has 1 heterocycles. The summed E-state index contributed by atoms with van der Waals surface area (Å²) < 4.78 is 28.5. The molecule has 0 aliphatic carbocycles. The summed E-state index contributed by atoms with van der Waals surface area (Å²) in [5, 5.41) is 11.3. The van der Waals surface area contributed by atoms with Crippen LogP contribution in [0.4, 0.5) is 10.8 Å². The Labute approximate surface area is 188 Å². The van der Waals surface area contributed by atoms with Crippen molar-refractivity contribution in [2.75, 3.05) is 21.9 Å². The van der Waals surface area contributed by atoms with Crippen LogP contribution in [0.5, 0.6) is 0 Å². The summed E-state index contributed by atoms with van der Waals surface area (Å²) in [6, 6.07) is 12.9. The van der Waals surface area contributed by atoms with Gasteiger partial charge in [0.2, 0.25) is 11.0 Å². The van der Waals surface area contributed by atoms with Crippen molar-refractivity contribution in [3.05, 3.63) is 59.1 Å². The van der Waals surface area contributed by atoms with Crippen molar-refractivity contribution < 1.29 is 13.2 Å². The fraction of sp³-hybridized carbons (Fsp3) is 0.211. The molecule has 0 aliphatic heterocycles. The van der Waals surface area contributed by atoms with Gasteiger partial charge >= 0.3 is 0 Å². The van der Waals surface area contributed by atoms with E-state index in [-0.39, 0.29) is 4.90 Å². The number of rotatable bonds is 8. The molecule has 0 saturated carbocycles. The van der Waals surface area contributed by atoms with E-state index in [9.17, 15) is 13.2 Å². The summed E-state index contributed by atoms with van der Waals surface area (Å²) in [5.41, 5.74) is 0.894. The van der Waals surface area contributed by atoms with Gasteiger partial charge < -0.3 is 0 Å². The number of carbonyl (C=O) groups excluding carboxylic acids is 1. The second-order valence-electron chi connectivity index (χ2n) is 6.06. The minimum atomic E-state index is -4.01. The first-order valence-corrected chi connectivity index (χ1v) is 12.5. The zero-order valence-corrected chi connectivity index (χ0v) is 19.4. The molecule has 0 fully saturated rings. The van der Waals surface area contributed by atoms with E-state index in [2.05, 4.69) is 15.5 Å². The Morgan fingerprint density at radius 3 is 2.60 bits per heavy atom. The van der Waals surface area contributed by atoms with Crippen molar-refractivity contribution in [3.8, 4) is 0 Å². The van der Waals surface area contributed by atoms with Crippen LogP contribution >= 0.6 is 34.7 Å². The molecule has 1 aromatic heterocycles. The van der Waals surface area contributed by atoms with Gasteiger partial charge in [0.15, 0.2) is 4.34 Å². The second kappa shape index (κ2) is 9.78. The number of aromatic nitrogens is 2. The third-order valence-corrected chi connectivity index (χ3v) is 8.08. The number of benzene rings is 2. The van der Waals surface area contributed by atoms with Crippen molar-refractivity contribution in [1.29, 1.82) is 0 Å². The number of nitrogens with zero attached hydrogens (tertiary/aromatic N) is 3. The van der Waals surface area contributed by atoms with Crippen LogP contribution < -0.4 is 9.62 Å². The van der Waals surface area contributed by atoms with Gasteiger partial charge in [0, 0.05) is 5.02 Å². The van der Waals surface area contributed by atoms with Gasteiger partial charge in [0.25, 0.3) is 10.0 Å². The maximum Gasteiger partial charge on any atom is 0.264 e. The molecular formula is C19H19ClN4O3S3. The van der Waals surface area contributed by atoms with Gasteiger partial charge in [0.05, 0.1) is 10.6 Å². The first-order chi connectivity index (χ1) is 14.3. The number of anilines is 2. The number of nitrogens with one attached hydrogen (secondary N) is 1. The van der Waals surface area contributed by atoms with E-state index < -0.39 is 22.5 Å². The number of hydrogen-bond donors (Lipinski definition) is 1. The van der Waals surface area contributed by atoms with E-state index in [0.29, 0.717) is 21.4 Å². The minimum Gasteiger partial charge on any atom is -0.299 e. The maximum atomic E-state index is 13.3. The number of thioether (sulfide) groups is 1. The lowest BCUT2D eigenvalue weighted by Gasteiger charge is -2.25. The van der Waals surface area contributed by atoms with Crippen LogP contribution in [0, 0.1) is 6.92 Å². The molecule has 11 heteroatoms. The molecule has 0 atom stereocenters. The standard InChI is InChI=1S/C19H19ClN4O3S3/c1-3-28-19-23-22-18(29-19)21-17(25)12-24(16-11-7-10-15(20)13(16)2)30(26,27)14-8-5-4-6-9-14/h4-11H,3,12H2,1-2H3,(H,21,22,25). The lowest BCUT2D eigenvalue weighted by atomic mass is 10.2. The molecule has 0 spiro atoms. The van der Waals surface area contributed by atoms with Gasteiger partial charge in [-0.3, -0.25) is 14.4 Å². The highest BCUT2D eigenvalue weighted by Gasteiger charge is 2.29. The molecule has 0 bridgehead atoms.